The molecule has 0 fully saturated rings. The fraction of sp³-hybridized carbons (Fsp3) is 0.400. The van der Waals surface area contributed by atoms with Crippen LogP contribution in [-0.4, -0.2) is 39.1 Å². The highest BCUT2D eigenvalue weighted by molar-refractivity contribution is 5.80. The van der Waals surface area contributed by atoms with Crippen LogP contribution in [0.5, 0.6) is 0 Å². The van der Waals surface area contributed by atoms with Crippen LogP contribution in [0.4, 0.5) is 0 Å². The lowest BCUT2D eigenvalue weighted by Crippen LogP contribution is -2.24. The van der Waals surface area contributed by atoms with Crippen molar-refractivity contribution in [3.05, 3.63) is 48.3 Å². The average Bonchev–Trinajstić information content (AvgIpc) is 2.97. The number of aromatic nitrogens is 3. The van der Waals surface area contributed by atoms with Crippen molar-refractivity contribution in [2.75, 3.05) is 19.6 Å². The van der Waals surface area contributed by atoms with Gasteiger partial charge in [0.25, 0.3) is 0 Å². The number of hydrogen-bond donors (Lipinski definition) is 0. The third kappa shape index (κ3) is 3.49. The van der Waals surface area contributed by atoms with Gasteiger partial charge in [-0.3, -0.25) is 4.98 Å². The smallest absolute Gasteiger partial charge is 0.142 e. The molecular formula is C20H26N4. The fourth-order valence-electron chi connectivity index (χ4n) is 3.19. The summed E-state index contributed by atoms with van der Waals surface area (Å²) in [5, 5.41) is 0. The lowest BCUT2D eigenvalue weighted by atomic mass is 10.2. The molecule has 0 aliphatic carbocycles. The lowest BCUT2D eigenvalue weighted by Gasteiger charge is -2.18. The molecule has 0 amide bonds. The standard InChI is InChI=1S/C20H26N4/c1-4-23(5-2)11-8-12-24-19-10-7-6-9-18(19)22-20(24)17-13-16(3)14-21-15-17/h6-7,9-10,13-15H,4-5,8,11-12H2,1-3H3. The number of nitrogens with zero attached hydrogens (tertiary/aromatic N) is 4. The van der Waals surface area contributed by atoms with Crippen LogP contribution in [0.15, 0.2) is 42.7 Å². The Bertz CT molecular complexity index is 802. The van der Waals surface area contributed by atoms with Gasteiger partial charge in [0, 0.05) is 24.5 Å². The van der Waals surface area contributed by atoms with Crippen molar-refractivity contribution >= 4 is 11.0 Å². The number of hydrogen-bond acceptors (Lipinski definition) is 3. The van der Waals surface area contributed by atoms with Crippen molar-refractivity contribution in [1.82, 2.24) is 19.4 Å². The number of fused-ring (bicyclic) bond motifs is 1. The Kier molecular flexibility index (Phi) is 5.26. The minimum Gasteiger partial charge on any atom is -0.324 e. The Hall–Kier alpha value is -2.20. The Balaban J connectivity index is 1.93. The minimum absolute atomic E-state index is 0.973. The monoisotopic (exact) mass is 322 g/mol. The molecule has 3 aromatic rings. The molecule has 0 atom stereocenters. The van der Waals surface area contributed by atoms with Crippen molar-refractivity contribution in [2.24, 2.45) is 0 Å². The zero-order valence-electron chi connectivity index (χ0n) is 14.9. The maximum Gasteiger partial charge on any atom is 0.142 e. The van der Waals surface area contributed by atoms with E-state index < -0.39 is 0 Å². The number of imidazole rings is 1. The molecule has 1 aromatic carbocycles. The van der Waals surface area contributed by atoms with Gasteiger partial charge in [0.05, 0.1) is 11.0 Å². The quantitative estimate of drug-likeness (QED) is 0.655. The van der Waals surface area contributed by atoms with E-state index in [2.05, 4.69) is 59.5 Å². The van der Waals surface area contributed by atoms with Crippen LogP contribution in [0.3, 0.4) is 0 Å². The molecule has 3 rings (SSSR count). The molecule has 0 aliphatic heterocycles. The molecule has 0 bridgehead atoms. The van der Waals surface area contributed by atoms with Gasteiger partial charge in [0.1, 0.15) is 5.82 Å². The lowest BCUT2D eigenvalue weighted by molar-refractivity contribution is 0.294. The van der Waals surface area contributed by atoms with E-state index in [0.29, 0.717) is 0 Å². The van der Waals surface area contributed by atoms with Crippen LogP contribution >= 0.6 is 0 Å². The zero-order valence-corrected chi connectivity index (χ0v) is 14.9. The molecule has 24 heavy (non-hydrogen) atoms. The predicted molar refractivity (Wildman–Crippen MR) is 100 cm³/mol. The summed E-state index contributed by atoms with van der Waals surface area (Å²) in [5.74, 6) is 1.02. The summed E-state index contributed by atoms with van der Waals surface area (Å²) < 4.78 is 2.34. The highest BCUT2D eigenvalue weighted by Gasteiger charge is 2.13. The minimum atomic E-state index is 0.973. The second-order valence-corrected chi connectivity index (χ2v) is 6.21. The number of pyridine rings is 1. The molecule has 0 radical (unpaired) electrons. The molecule has 0 saturated carbocycles. The largest absolute Gasteiger partial charge is 0.324 e. The molecule has 0 saturated heterocycles. The summed E-state index contributed by atoms with van der Waals surface area (Å²) in [5.41, 5.74) is 4.51. The maximum absolute atomic E-state index is 4.87. The number of benzene rings is 1. The van der Waals surface area contributed by atoms with Gasteiger partial charge < -0.3 is 9.47 Å². The van der Waals surface area contributed by atoms with E-state index in [1.807, 2.05) is 18.5 Å². The third-order valence-electron chi connectivity index (χ3n) is 4.54. The zero-order chi connectivity index (χ0) is 16.9. The Morgan fingerprint density at radius 2 is 1.88 bits per heavy atom. The van der Waals surface area contributed by atoms with Crippen LogP contribution in [0.25, 0.3) is 22.4 Å². The molecule has 0 spiro atoms. The second-order valence-electron chi connectivity index (χ2n) is 6.21. The highest BCUT2D eigenvalue weighted by atomic mass is 15.1. The SMILES string of the molecule is CCN(CC)CCCn1c(-c2cncc(C)c2)nc2ccccc21. The number of rotatable bonds is 7. The second kappa shape index (κ2) is 7.58. The van der Waals surface area contributed by atoms with Gasteiger partial charge in [0.15, 0.2) is 0 Å². The fourth-order valence-corrected chi connectivity index (χ4v) is 3.19. The van der Waals surface area contributed by atoms with Gasteiger partial charge in [-0.05, 0) is 56.7 Å². The maximum atomic E-state index is 4.87. The van der Waals surface area contributed by atoms with Crippen LogP contribution in [-0.2, 0) is 6.54 Å². The summed E-state index contributed by atoms with van der Waals surface area (Å²) in [4.78, 5) is 11.7. The van der Waals surface area contributed by atoms with Gasteiger partial charge in [-0.25, -0.2) is 4.98 Å². The summed E-state index contributed by atoms with van der Waals surface area (Å²) in [6.45, 7) is 10.8. The number of aryl methyl sites for hydroxylation is 2. The molecule has 0 N–H and O–H groups in total. The van der Waals surface area contributed by atoms with Crippen LogP contribution < -0.4 is 0 Å². The molecule has 2 aromatic heterocycles. The van der Waals surface area contributed by atoms with E-state index in [9.17, 15) is 0 Å². The van der Waals surface area contributed by atoms with E-state index in [1.54, 1.807) is 0 Å². The molecule has 4 nitrogen and oxygen atoms in total. The van der Waals surface area contributed by atoms with Crippen LogP contribution in [0, 0.1) is 6.92 Å². The normalized spacial score (nSPS) is 11.5. The van der Waals surface area contributed by atoms with Crippen LogP contribution in [0.2, 0.25) is 0 Å². The van der Waals surface area contributed by atoms with E-state index in [0.717, 1.165) is 55.1 Å². The molecule has 0 unspecified atom stereocenters. The first-order valence-corrected chi connectivity index (χ1v) is 8.82. The van der Waals surface area contributed by atoms with Gasteiger partial charge in [-0.1, -0.05) is 26.0 Å². The summed E-state index contributed by atoms with van der Waals surface area (Å²) in [7, 11) is 0. The van der Waals surface area contributed by atoms with Gasteiger partial charge in [-0.15, -0.1) is 0 Å². The summed E-state index contributed by atoms with van der Waals surface area (Å²) in [6, 6.07) is 10.5. The third-order valence-corrected chi connectivity index (χ3v) is 4.54. The van der Waals surface area contributed by atoms with E-state index in [1.165, 1.54) is 5.52 Å². The van der Waals surface area contributed by atoms with Gasteiger partial charge >= 0.3 is 0 Å². The Labute approximate surface area is 144 Å². The molecule has 126 valence electrons. The Morgan fingerprint density at radius 3 is 2.62 bits per heavy atom. The van der Waals surface area contributed by atoms with Gasteiger partial charge in [-0.2, -0.15) is 0 Å². The first-order chi connectivity index (χ1) is 11.7. The molecule has 2 heterocycles. The summed E-state index contributed by atoms with van der Waals surface area (Å²) >= 11 is 0. The number of para-hydroxylation sites is 2. The van der Waals surface area contributed by atoms with Crippen molar-refractivity contribution in [2.45, 2.75) is 33.7 Å². The predicted octanol–water partition coefficient (Wildman–Crippen LogP) is 4.14. The topological polar surface area (TPSA) is 34.0 Å². The van der Waals surface area contributed by atoms with Crippen molar-refractivity contribution in [3.63, 3.8) is 0 Å². The molecule has 0 aliphatic rings. The molecular weight excluding hydrogens is 296 g/mol. The highest BCUT2D eigenvalue weighted by Crippen LogP contribution is 2.25. The van der Waals surface area contributed by atoms with Crippen LogP contribution in [0.1, 0.15) is 25.8 Å². The van der Waals surface area contributed by atoms with E-state index in [-0.39, 0.29) is 0 Å². The van der Waals surface area contributed by atoms with E-state index in [4.69, 9.17) is 4.98 Å². The van der Waals surface area contributed by atoms with Crippen molar-refractivity contribution in [1.29, 1.82) is 0 Å². The summed E-state index contributed by atoms with van der Waals surface area (Å²) in [6.07, 6.45) is 4.92. The molecule has 4 heteroatoms. The van der Waals surface area contributed by atoms with Crippen molar-refractivity contribution in [3.8, 4) is 11.4 Å². The average molecular weight is 322 g/mol. The first-order valence-electron chi connectivity index (χ1n) is 8.82. The van der Waals surface area contributed by atoms with Gasteiger partial charge in [0.2, 0.25) is 0 Å². The van der Waals surface area contributed by atoms with Crippen molar-refractivity contribution < 1.29 is 0 Å². The Morgan fingerprint density at radius 1 is 1.08 bits per heavy atom. The van der Waals surface area contributed by atoms with E-state index >= 15 is 0 Å². The first kappa shape index (κ1) is 16.7.